The Morgan fingerprint density at radius 1 is 0.941 bits per heavy atom. The molecule has 96 valence electrons. The maximum absolute atomic E-state index is 2.50. The summed E-state index contributed by atoms with van der Waals surface area (Å²) in [7, 11) is 4.87. The van der Waals surface area contributed by atoms with Crippen LogP contribution < -0.4 is 0 Å². The fourth-order valence-corrected chi connectivity index (χ4v) is 4.33. The minimum Gasteiger partial charge on any atom is -0.0694 e. The summed E-state index contributed by atoms with van der Waals surface area (Å²) in [5, 5.41) is 0. The molecule has 0 spiro atoms. The van der Waals surface area contributed by atoms with Crippen LogP contribution >= 0.6 is 0 Å². The lowest BCUT2D eigenvalue weighted by Crippen LogP contribution is -2.05. The van der Waals surface area contributed by atoms with Crippen molar-refractivity contribution >= 4 is 15.7 Å². The molecule has 5 unspecified atom stereocenters. The van der Waals surface area contributed by atoms with Crippen LogP contribution in [-0.2, 0) is 0 Å². The summed E-state index contributed by atoms with van der Waals surface area (Å²) in [6.07, 6.45) is 13.6. The lowest BCUT2D eigenvalue weighted by molar-refractivity contribution is 0.344. The minimum absolute atomic E-state index is 0.987. The fourth-order valence-electron chi connectivity index (χ4n) is 4.33. The number of rotatable bonds is 5. The SMILES string of the molecule is BC1CCC(CCC(C)CC2CCC(B)C2)C1. The van der Waals surface area contributed by atoms with Gasteiger partial charge in [0.2, 0.25) is 0 Å². The quantitative estimate of drug-likeness (QED) is 0.638. The highest BCUT2D eigenvalue weighted by Gasteiger charge is 2.24. The van der Waals surface area contributed by atoms with Crippen LogP contribution in [0.4, 0.5) is 0 Å². The van der Waals surface area contributed by atoms with E-state index in [2.05, 4.69) is 22.6 Å². The Morgan fingerprint density at radius 3 is 2.06 bits per heavy atom. The molecule has 2 aliphatic carbocycles. The van der Waals surface area contributed by atoms with Gasteiger partial charge in [0, 0.05) is 0 Å². The summed E-state index contributed by atoms with van der Waals surface area (Å²) in [6, 6.07) is 0. The van der Waals surface area contributed by atoms with Gasteiger partial charge >= 0.3 is 0 Å². The molecule has 2 fully saturated rings. The van der Waals surface area contributed by atoms with Crippen LogP contribution in [0, 0.1) is 17.8 Å². The average molecular weight is 232 g/mol. The van der Waals surface area contributed by atoms with Crippen LogP contribution in [0.2, 0.25) is 11.6 Å². The average Bonchev–Trinajstić information content (AvgIpc) is 2.85. The topological polar surface area (TPSA) is 0 Å². The maximum atomic E-state index is 2.50. The van der Waals surface area contributed by atoms with E-state index in [1.54, 1.807) is 0 Å². The van der Waals surface area contributed by atoms with E-state index in [1.165, 1.54) is 57.8 Å². The van der Waals surface area contributed by atoms with Gasteiger partial charge in [0.1, 0.15) is 15.7 Å². The molecule has 0 aromatic rings. The largest absolute Gasteiger partial charge is 0.105 e. The lowest BCUT2D eigenvalue weighted by atomic mass is 9.82. The highest BCUT2D eigenvalue weighted by molar-refractivity contribution is 6.11. The van der Waals surface area contributed by atoms with Crippen molar-refractivity contribution in [2.45, 2.75) is 76.3 Å². The van der Waals surface area contributed by atoms with Crippen molar-refractivity contribution in [1.29, 1.82) is 0 Å². The summed E-state index contributed by atoms with van der Waals surface area (Å²) in [6.45, 7) is 2.50. The predicted molar refractivity (Wildman–Crippen MR) is 82.3 cm³/mol. The molecule has 2 heteroatoms. The zero-order chi connectivity index (χ0) is 12.3. The zero-order valence-electron chi connectivity index (χ0n) is 12.3. The highest BCUT2D eigenvalue weighted by atomic mass is 14.3. The van der Waals surface area contributed by atoms with Gasteiger partial charge in [0.15, 0.2) is 0 Å². The highest BCUT2D eigenvalue weighted by Crippen LogP contribution is 2.39. The van der Waals surface area contributed by atoms with Crippen molar-refractivity contribution in [1.82, 2.24) is 0 Å². The Morgan fingerprint density at radius 2 is 1.53 bits per heavy atom. The molecule has 0 saturated heterocycles. The Bertz CT molecular complexity index is 229. The maximum Gasteiger partial charge on any atom is 0.105 e. The lowest BCUT2D eigenvalue weighted by Gasteiger charge is -2.18. The summed E-state index contributed by atoms with van der Waals surface area (Å²) < 4.78 is 0. The van der Waals surface area contributed by atoms with Gasteiger partial charge < -0.3 is 0 Å². The molecule has 2 aliphatic rings. The second-order valence-corrected chi connectivity index (χ2v) is 7.49. The molecular weight excluding hydrogens is 202 g/mol. The second-order valence-electron chi connectivity index (χ2n) is 7.49. The molecule has 0 N–H and O–H groups in total. The van der Waals surface area contributed by atoms with Crippen molar-refractivity contribution < 1.29 is 0 Å². The Hall–Kier alpha value is 0.130. The summed E-state index contributed by atoms with van der Waals surface area (Å²) in [5.74, 6) is 5.17. The van der Waals surface area contributed by atoms with E-state index in [-0.39, 0.29) is 0 Å². The standard InChI is InChI=1S/C15H30B2/c1-11(8-13-5-7-15(17)10-13)2-3-12-4-6-14(16)9-12/h11-15H,2-10,16-17H2,1H3. The molecule has 17 heavy (non-hydrogen) atoms. The van der Waals surface area contributed by atoms with E-state index in [9.17, 15) is 0 Å². The van der Waals surface area contributed by atoms with Crippen LogP contribution in [0.1, 0.15) is 64.7 Å². The van der Waals surface area contributed by atoms with Crippen LogP contribution in [0.15, 0.2) is 0 Å². The van der Waals surface area contributed by atoms with E-state index in [1.807, 2.05) is 0 Å². The van der Waals surface area contributed by atoms with Gasteiger partial charge in [-0.25, -0.2) is 0 Å². The van der Waals surface area contributed by atoms with E-state index in [0.717, 1.165) is 29.4 Å². The molecule has 0 aliphatic heterocycles. The minimum atomic E-state index is 0.987. The molecule has 0 aromatic carbocycles. The number of hydrogen-bond acceptors (Lipinski definition) is 0. The molecule has 0 nitrogen and oxygen atoms in total. The number of hydrogen-bond donors (Lipinski definition) is 0. The Labute approximate surface area is 110 Å². The zero-order valence-corrected chi connectivity index (χ0v) is 12.3. The van der Waals surface area contributed by atoms with Crippen molar-refractivity contribution in [3.05, 3.63) is 0 Å². The van der Waals surface area contributed by atoms with Crippen molar-refractivity contribution in [2.75, 3.05) is 0 Å². The third-order valence-electron chi connectivity index (χ3n) is 5.41. The normalized spacial score (nSPS) is 39.6. The molecule has 0 aromatic heterocycles. The first-order chi connectivity index (χ1) is 8.13. The van der Waals surface area contributed by atoms with Crippen LogP contribution in [-0.4, -0.2) is 15.7 Å². The Kier molecular flexibility index (Phi) is 5.06. The third-order valence-corrected chi connectivity index (χ3v) is 5.41. The molecule has 5 atom stereocenters. The monoisotopic (exact) mass is 232 g/mol. The summed E-state index contributed by atoms with van der Waals surface area (Å²) >= 11 is 0. The molecule has 0 radical (unpaired) electrons. The van der Waals surface area contributed by atoms with Crippen LogP contribution in [0.5, 0.6) is 0 Å². The second kappa shape index (κ2) is 6.34. The van der Waals surface area contributed by atoms with Crippen LogP contribution in [0.25, 0.3) is 0 Å². The molecule has 0 amide bonds. The van der Waals surface area contributed by atoms with E-state index < -0.39 is 0 Å². The van der Waals surface area contributed by atoms with Gasteiger partial charge in [-0.05, 0) is 24.2 Å². The molecule has 0 bridgehead atoms. The van der Waals surface area contributed by atoms with Crippen molar-refractivity contribution in [2.24, 2.45) is 17.8 Å². The summed E-state index contributed by atoms with van der Waals surface area (Å²) in [4.78, 5) is 0. The molecular formula is C15H30B2. The van der Waals surface area contributed by atoms with Gasteiger partial charge in [0.05, 0.1) is 0 Å². The molecule has 0 heterocycles. The van der Waals surface area contributed by atoms with Gasteiger partial charge in [-0.2, -0.15) is 0 Å². The molecule has 2 rings (SSSR count). The first-order valence-electron chi connectivity index (χ1n) is 8.13. The smallest absolute Gasteiger partial charge is 0.0694 e. The van der Waals surface area contributed by atoms with E-state index >= 15 is 0 Å². The van der Waals surface area contributed by atoms with Crippen molar-refractivity contribution in [3.63, 3.8) is 0 Å². The summed E-state index contributed by atoms with van der Waals surface area (Å²) in [5.41, 5.74) is 0. The van der Waals surface area contributed by atoms with Gasteiger partial charge in [0.25, 0.3) is 0 Å². The predicted octanol–water partition coefficient (Wildman–Crippen LogP) is 3.24. The first kappa shape index (κ1) is 13.6. The van der Waals surface area contributed by atoms with Gasteiger partial charge in [-0.15, -0.1) is 0 Å². The van der Waals surface area contributed by atoms with Crippen molar-refractivity contribution in [3.8, 4) is 0 Å². The fraction of sp³-hybridized carbons (Fsp3) is 1.00. The van der Waals surface area contributed by atoms with E-state index in [4.69, 9.17) is 0 Å². The van der Waals surface area contributed by atoms with Gasteiger partial charge in [-0.3, -0.25) is 0 Å². The Balaban J connectivity index is 1.59. The first-order valence-corrected chi connectivity index (χ1v) is 8.13. The van der Waals surface area contributed by atoms with E-state index in [0.29, 0.717) is 0 Å². The third kappa shape index (κ3) is 4.38. The van der Waals surface area contributed by atoms with Crippen LogP contribution in [0.3, 0.4) is 0 Å². The molecule has 2 saturated carbocycles. The van der Waals surface area contributed by atoms with Gasteiger partial charge in [-0.1, -0.05) is 69.9 Å².